The van der Waals surface area contributed by atoms with E-state index in [1.807, 2.05) is 12.3 Å². The van der Waals surface area contributed by atoms with E-state index < -0.39 is 0 Å². The van der Waals surface area contributed by atoms with Crippen molar-refractivity contribution in [3.8, 4) is 10.6 Å². The van der Waals surface area contributed by atoms with Crippen molar-refractivity contribution in [3.63, 3.8) is 0 Å². The Balaban J connectivity index is 1.77. The van der Waals surface area contributed by atoms with Gasteiger partial charge in [0.25, 0.3) is 5.91 Å². The summed E-state index contributed by atoms with van der Waals surface area (Å²) in [4.78, 5) is 21.0. The van der Waals surface area contributed by atoms with Gasteiger partial charge in [0.15, 0.2) is 0 Å². The van der Waals surface area contributed by atoms with Crippen molar-refractivity contribution in [3.05, 3.63) is 59.5 Å². The number of nitrogens with one attached hydrogen (secondary N) is 1. The first kappa shape index (κ1) is 15.6. The maximum atomic E-state index is 13.8. The molecule has 0 saturated heterocycles. The number of anilines is 1. The van der Waals surface area contributed by atoms with Crippen molar-refractivity contribution in [2.45, 2.75) is 5.03 Å². The zero-order chi connectivity index (χ0) is 16.2. The molecule has 0 fully saturated rings. The molecule has 4 nitrogen and oxygen atoms in total. The molecule has 23 heavy (non-hydrogen) atoms. The highest BCUT2D eigenvalue weighted by Crippen LogP contribution is 2.27. The van der Waals surface area contributed by atoms with Gasteiger partial charge in [0.1, 0.15) is 15.7 Å². The van der Waals surface area contributed by atoms with Gasteiger partial charge in [0.05, 0.1) is 23.1 Å². The SMILES string of the molecule is CSc1ccc(NC(=O)c2cnc(-c3ccccc3F)s2)cn1. The molecular formula is C16H12FN3OS2. The molecule has 116 valence electrons. The second kappa shape index (κ2) is 6.89. The largest absolute Gasteiger partial charge is 0.320 e. The second-order valence-electron chi connectivity index (χ2n) is 4.55. The highest BCUT2D eigenvalue weighted by Gasteiger charge is 2.14. The summed E-state index contributed by atoms with van der Waals surface area (Å²) in [5.41, 5.74) is 0.996. The maximum Gasteiger partial charge on any atom is 0.267 e. The van der Waals surface area contributed by atoms with Crippen LogP contribution in [-0.2, 0) is 0 Å². The topological polar surface area (TPSA) is 54.9 Å². The van der Waals surface area contributed by atoms with Crippen molar-refractivity contribution < 1.29 is 9.18 Å². The molecule has 0 radical (unpaired) electrons. The van der Waals surface area contributed by atoms with Crippen LogP contribution in [0.4, 0.5) is 10.1 Å². The summed E-state index contributed by atoms with van der Waals surface area (Å²) >= 11 is 2.68. The lowest BCUT2D eigenvalue weighted by Gasteiger charge is -2.03. The Hall–Kier alpha value is -2.25. The number of thiazole rings is 1. The first-order chi connectivity index (χ1) is 11.2. The summed E-state index contributed by atoms with van der Waals surface area (Å²) < 4.78 is 13.8. The van der Waals surface area contributed by atoms with Crippen LogP contribution in [0.3, 0.4) is 0 Å². The number of amides is 1. The van der Waals surface area contributed by atoms with Crippen molar-refractivity contribution in [2.75, 3.05) is 11.6 Å². The van der Waals surface area contributed by atoms with E-state index in [0.717, 1.165) is 16.4 Å². The summed E-state index contributed by atoms with van der Waals surface area (Å²) in [6.45, 7) is 0. The van der Waals surface area contributed by atoms with Gasteiger partial charge in [-0.2, -0.15) is 0 Å². The van der Waals surface area contributed by atoms with E-state index in [0.29, 0.717) is 21.1 Å². The molecule has 2 aromatic heterocycles. The molecule has 2 heterocycles. The molecule has 0 saturated carbocycles. The third kappa shape index (κ3) is 3.57. The average molecular weight is 345 g/mol. The number of rotatable bonds is 4. The molecule has 1 aromatic carbocycles. The number of benzene rings is 1. The molecule has 0 atom stereocenters. The molecule has 0 unspecified atom stereocenters. The number of nitrogens with zero attached hydrogens (tertiary/aromatic N) is 2. The Kier molecular flexibility index (Phi) is 4.68. The quantitative estimate of drug-likeness (QED) is 0.716. The number of hydrogen-bond donors (Lipinski definition) is 1. The van der Waals surface area contributed by atoms with Gasteiger partial charge in [-0.25, -0.2) is 14.4 Å². The number of pyridine rings is 1. The molecule has 1 N–H and O–H groups in total. The number of halogens is 1. The number of hydrogen-bond acceptors (Lipinski definition) is 5. The maximum absolute atomic E-state index is 13.8. The monoisotopic (exact) mass is 345 g/mol. The highest BCUT2D eigenvalue weighted by atomic mass is 32.2. The summed E-state index contributed by atoms with van der Waals surface area (Å²) in [5, 5.41) is 4.11. The predicted octanol–water partition coefficient (Wildman–Crippen LogP) is 4.32. The van der Waals surface area contributed by atoms with E-state index in [1.54, 1.807) is 30.5 Å². The minimum absolute atomic E-state index is 0.288. The summed E-state index contributed by atoms with van der Waals surface area (Å²) in [5.74, 6) is -0.644. The molecular weight excluding hydrogens is 333 g/mol. The smallest absolute Gasteiger partial charge is 0.267 e. The molecule has 0 aliphatic heterocycles. The fourth-order valence-corrected chi connectivity index (χ4v) is 3.11. The molecule has 0 aliphatic rings. The van der Waals surface area contributed by atoms with E-state index in [2.05, 4.69) is 15.3 Å². The number of carbonyl (C=O) groups excluding carboxylic acids is 1. The number of carbonyl (C=O) groups is 1. The van der Waals surface area contributed by atoms with Crippen molar-refractivity contribution in [1.82, 2.24) is 9.97 Å². The van der Waals surface area contributed by atoms with E-state index >= 15 is 0 Å². The van der Waals surface area contributed by atoms with Crippen LogP contribution >= 0.6 is 23.1 Å². The van der Waals surface area contributed by atoms with Crippen LogP contribution in [0.5, 0.6) is 0 Å². The standard InChI is InChI=1S/C16H12FN3OS2/c1-22-14-7-6-10(8-18-14)20-15(21)13-9-19-16(23-13)11-4-2-3-5-12(11)17/h2-9H,1H3,(H,20,21). The lowest BCUT2D eigenvalue weighted by Crippen LogP contribution is -2.10. The fraction of sp³-hybridized carbons (Fsp3) is 0.0625. The van der Waals surface area contributed by atoms with Gasteiger partial charge in [-0.05, 0) is 30.5 Å². The van der Waals surface area contributed by atoms with Crippen LogP contribution in [0.15, 0.2) is 53.8 Å². The van der Waals surface area contributed by atoms with Crippen LogP contribution in [0.25, 0.3) is 10.6 Å². The van der Waals surface area contributed by atoms with Gasteiger partial charge in [-0.15, -0.1) is 23.1 Å². The van der Waals surface area contributed by atoms with Gasteiger partial charge in [-0.1, -0.05) is 12.1 Å². The van der Waals surface area contributed by atoms with Crippen LogP contribution in [0, 0.1) is 5.82 Å². The lowest BCUT2D eigenvalue weighted by molar-refractivity contribution is 0.103. The third-order valence-corrected chi connectivity index (χ3v) is 4.73. The van der Waals surface area contributed by atoms with E-state index in [-0.39, 0.29) is 11.7 Å². The van der Waals surface area contributed by atoms with Gasteiger partial charge in [0, 0.05) is 5.56 Å². The van der Waals surface area contributed by atoms with Crippen molar-refractivity contribution in [2.24, 2.45) is 0 Å². The average Bonchev–Trinajstić information content (AvgIpc) is 3.06. The Labute approximate surface area is 140 Å². The number of aromatic nitrogens is 2. The normalized spacial score (nSPS) is 10.5. The van der Waals surface area contributed by atoms with Gasteiger partial charge in [-0.3, -0.25) is 4.79 Å². The van der Waals surface area contributed by atoms with Gasteiger partial charge in [0.2, 0.25) is 0 Å². The molecule has 7 heteroatoms. The minimum atomic E-state index is -0.356. The molecule has 3 rings (SSSR count). The first-order valence-corrected chi connectivity index (χ1v) is 8.73. The fourth-order valence-electron chi connectivity index (χ4n) is 1.91. The Morgan fingerprint density at radius 1 is 1.17 bits per heavy atom. The van der Waals surface area contributed by atoms with Crippen LogP contribution < -0.4 is 5.32 Å². The summed E-state index contributed by atoms with van der Waals surface area (Å²) in [7, 11) is 0. The second-order valence-corrected chi connectivity index (χ2v) is 6.41. The Morgan fingerprint density at radius 2 is 2.00 bits per heavy atom. The molecule has 0 aliphatic carbocycles. The predicted molar refractivity (Wildman–Crippen MR) is 91.5 cm³/mol. The molecule has 1 amide bonds. The van der Waals surface area contributed by atoms with E-state index in [9.17, 15) is 9.18 Å². The van der Waals surface area contributed by atoms with Crippen LogP contribution in [0.2, 0.25) is 0 Å². The highest BCUT2D eigenvalue weighted by molar-refractivity contribution is 7.98. The van der Waals surface area contributed by atoms with E-state index in [4.69, 9.17) is 0 Å². The lowest BCUT2D eigenvalue weighted by atomic mass is 10.2. The Morgan fingerprint density at radius 3 is 2.70 bits per heavy atom. The first-order valence-electron chi connectivity index (χ1n) is 6.69. The summed E-state index contributed by atoms with van der Waals surface area (Å²) in [6, 6.07) is 9.98. The zero-order valence-corrected chi connectivity index (χ0v) is 13.7. The Bertz CT molecular complexity index is 833. The van der Waals surface area contributed by atoms with Gasteiger partial charge >= 0.3 is 0 Å². The zero-order valence-electron chi connectivity index (χ0n) is 12.1. The summed E-state index contributed by atoms with van der Waals surface area (Å²) in [6.07, 6.45) is 4.98. The molecule has 3 aromatic rings. The third-order valence-electron chi connectivity index (χ3n) is 3.04. The minimum Gasteiger partial charge on any atom is -0.320 e. The number of thioether (sulfide) groups is 1. The van der Waals surface area contributed by atoms with Crippen LogP contribution in [0.1, 0.15) is 9.67 Å². The molecule has 0 spiro atoms. The van der Waals surface area contributed by atoms with Crippen molar-refractivity contribution in [1.29, 1.82) is 0 Å². The van der Waals surface area contributed by atoms with Crippen molar-refractivity contribution >= 4 is 34.7 Å². The van der Waals surface area contributed by atoms with E-state index in [1.165, 1.54) is 24.0 Å². The molecule has 0 bridgehead atoms. The van der Waals surface area contributed by atoms with Gasteiger partial charge < -0.3 is 5.32 Å². The van der Waals surface area contributed by atoms with Crippen LogP contribution in [-0.4, -0.2) is 22.1 Å².